The number of nitrogens with zero attached hydrogens (tertiary/aromatic N) is 3. The summed E-state index contributed by atoms with van der Waals surface area (Å²) in [6.45, 7) is 0.0578. The zero-order valence-electron chi connectivity index (χ0n) is 20.8. The van der Waals surface area contributed by atoms with Gasteiger partial charge in [-0.25, -0.2) is 4.68 Å². The topological polar surface area (TPSA) is 102 Å². The number of rotatable bonds is 9. The van der Waals surface area contributed by atoms with Crippen LogP contribution in [0.15, 0.2) is 90.0 Å². The molecule has 1 aliphatic rings. The van der Waals surface area contributed by atoms with Gasteiger partial charge in [-0.15, -0.1) is 0 Å². The van der Waals surface area contributed by atoms with Crippen molar-refractivity contribution in [1.82, 2.24) is 14.7 Å². The van der Waals surface area contributed by atoms with Gasteiger partial charge in [0.2, 0.25) is 0 Å². The number of halogens is 1. The number of aromatic nitrogens is 2. The smallest absolute Gasteiger partial charge is 0.266 e. The lowest BCUT2D eigenvalue weighted by molar-refractivity contribution is -0.121. The molecule has 4 aromatic rings. The number of benzene rings is 3. The van der Waals surface area contributed by atoms with Gasteiger partial charge in [-0.1, -0.05) is 84.1 Å². The van der Waals surface area contributed by atoms with Crippen LogP contribution in [0.2, 0.25) is 5.02 Å². The lowest BCUT2D eigenvalue weighted by atomic mass is 10.1. The first-order chi connectivity index (χ1) is 19.2. The zero-order valence-corrected chi connectivity index (χ0v) is 24.0. The van der Waals surface area contributed by atoms with Crippen LogP contribution in [0.1, 0.15) is 11.1 Å². The number of thioether (sulfide) groups is 1. The van der Waals surface area contributed by atoms with Crippen LogP contribution in [0, 0.1) is 0 Å². The first kappa shape index (κ1) is 28.1. The lowest BCUT2D eigenvalue weighted by Crippen LogP contribution is -2.32. The van der Waals surface area contributed by atoms with Crippen molar-refractivity contribution in [3.8, 4) is 22.7 Å². The van der Waals surface area contributed by atoms with Crippen molar-refractivity contribution in [2.45, 2.75) is 6.61 Å². The maximum atomic E-state index is 13.1. The first-order valence-corrected chi connectivity index (χ1v) is 15.2. The van der Waals surface area contributed by atoms with Crippen molar-refractivity contribution in [3.05, 3.63) is 106 Å². The highest BCUT2D eigenvalue weighted by Crippen LogP contribution is 2.35. The van der Waals surface area contributed by atoms with Crippen LogP contribution in [0.4, 0.5) is 0 Å². The van der Waals surface area contributed by atoms with Gasteiger partial charge in [-0.2, -0.15) is 13.5 Å². The number of hydrogen-bond acceptors (Lipinski definition) is 7. The predicted molar refractivity (Wildman–Crippen MR) is 161 cm³/mol. The Morgan fingerprint density at radius 3 is 2.55 bits per heavy atom. The second kappa shape index (κ2) is 11.9. The summed E-state index contributed by atoms with van der Waals surface area (Å²) in [6.07, 6.45) is 3.50. The van der Waals surface area contributed by atoms with Gasteiger partial charge in [-0.3, -0.25) is 14.2 Å². The summed E-state index contributed by atoms with van der Waals surface area (Å²) in [7, 11) is -4.25. The molecule has 0 unspecified atom stereocenters. The van der Waals surface area contributed by atoms with Crippen molar-refractivity contribution < 1.29 is 22.5 Å². The van der Waals surface area contributed by atoms with E-state index in [-0.39, 0.29) is 10.9 Å². The molecule has 1 saturated heterocycles. The molecule has 2 heterocycles. The Kier molecular flexibility index (Phi) is 8.38. The number of para-hydroxylation sites is 1. The standard InChI is InChI=1S/C28H22ClN3O5S3/c29-24-12-5-4-7-20(24)18-37-23-11-6-8-19(15-23)26-21(17-32(30-26)22-9-2-1-3-10-22)16-25-27(33)31(28(38)39-25)13-14-40(34,35)36/h1-12,15-17H,13-14,18H2,(H,34,35,36). The highest BCUT2D eigenvalue weighted by atomic mass is 35.5. The number of hydrogen-bond donors (Lipinski definition) is 1. The predicted octanol–water partition coefficient (Wildman–Crippen LogP) is 5.86. The molecule has 1 aliphatic heterocycles. The molecule has 1 aromatic heterocycles. The number of amides is 1. The molecule has 0 spiro atoms. The maximum Gasteiger partial charge on any atom is 0.266 e. The van der Waals surface area contributed by atoms with Gasteiger partial charge < -0.3 is 4.74 Å². The average Bonchev–Trinajstić information content (AvgIpc) is 3.47. The fraction of sp³-hybridized carbons (Fsp3) is 0.107. The molecule has 0 bridgehead atoms. The van der Waals surface area contributed by atoms with E-state index in [1.807, 2.05) is 85.1 Å². The van der Waals surface area contributed by atoms with E-state index in [0.717, 1.165) is 28.6 Å². The summed E-state index contributed by atoms with van der Waals surface area (Å²) < 4.78 is 39.5. The summed E-state index contributed by atoms with van der Waals surface area (Å²) >= 11 is 12.6. The van der Waals surface area contributed by atoms with E-state index in [1.165, 1.54) is 4.90 Å². The van der Waals surface area contributed by atoms with Crippen LogP contribution >= 0.6 is 35.6 Å². The van der Waals surface area contributed by atoms with E-state index in [9.17, 15) is 13.2 Å². The number of carbonyl (C=O) groups excluding carboxylic acids is 1. The Balaban J connectivity index is 1.48. The zero-order chi connectivity index (χ0) is 28.3. The van der Waals surface area contributed by atoms with Gasteiger partial charge >= 0.3 is 0 Å². The number of ether oxygens (including phenoxy) is 1. The molecule has 0 radical (unpaired) electrons. The van der Waals surface area contributed by atoms with Crippen molar-refractivity contribution in [2.24, 2.45) is 0 Å². The largest absolute Gasteiger partial charge is 0.489 e. The fourth-order valence-electron chi connectivity index (χ4n) is 3.98. The quantitative estimate of drug-likeness (QED) is 0.143. The molecule has 1 N–H and O–H groups in total. The highest BCUT2D eigenvalue weighted by molar-refractivity contribution is 8.26. The Morgan fingerprint density at radius 2 is 1.80 bits per heavy atom. The van der Waals surface area contributed by atoms with Gasteiger partial charge in [0.1, 0.15) is 22.4 Å². The SMILES string of the molecule is O=C1C(=Cc2cn(-c3ccccc3)nc2-c2cccc(OCc3ccccc3Cl)c2)SC(=S)N1CCS(=O)(=O)O. The van der Waals surface area contributed by atoms with E-state index in [4.69, 9.17) is 38.2 Å². The number of thiocarbonyl (C=S) groups is 1. The van der Waals surface area contributed by atoms with Gasteiger partial charge in [0.05, 0.1) is 16.3 Å². The van der Waals surface area contributed by atoms with E-state index in [1.54, 1.807) is 10.8 Å². The van der Waals surface area contributed by atoms with Crippen LogP contribution < -0.4 is 4.74 Å². The Hall–Kier alpha value is -3.48. The van der Waals surface area contributed by atoms with Crippen LogP contribution in [0.5, 0.6) is 5.75 Å². The van der Waals surface area contributed by atoms with E-state index in [2.05, 4.69) is 0 Å². The first-order valence-electron chi connectivity index (χ1n) is 12.0. The molecule has 1 fully saturated rings. The molecule has 5 rings (SSSR count). The molecule has 0 aliphatic carbocycles. The average molecular weight is 612 g/mol. The lowest BCUT2D eigenvalue weighted by Gasteiger charge is -2.12. The van der Waals surface area contributed by atoms with Crippen LogP contribution in [-0.2, 0) is 21.5 Å². The van der Waals surface area contributed by atoms with Crippen LogP contribution in [-0.4, -0.2) is 50.2 Å². The minimum absolute atomic E-state index is 0.215. The molecular formula is C28H22ClN3O5S3. The van der Waals surface area contributed by atoms with Gasteiger partial charge in [0.15, 0.2) is 0 Å². The molecule has 0 atom stereocenters. The monoisotopic (exact) mass is 611 g/mol. The third-order valence-corrected chi connectivity index (χ3v) is 8.40. The minimum Gasteiger partial charge on any atom is -0.489 e. The van der Waals surface area contributed by atoms with Crippen molar-refractivity contribution >= 4 is 62.0 Å². The van der Waals surface area contributed by atoms with Gasteiger partial charge in [0.25, 0.3) is 16.0 Å². The summed E-state index contributed by atoms with van der Waals surface area (Å²) in [5.74, 6) is -0.423. The molecule has 0 saturated carbocycles. The van der Waals surface area contributed by atoms with Gasteiger partial charge in [-0.05, 0) is 36.4 Å². The Bertz CT molecular complexity index is 1720. The fourth-order valence-corrected chi connectivity index (χ4v) is 5.88. The molecule has 1 amide bonds. The second-order valence-electron chi connectivity index (χ2n) is 8.74. The molecule has 40 heavy (non-hydrogen) atoms. The van der Waals surface area contributed by atoms with Gasteiger partial charge in [0, 0.05) is 34.5 Å². The Labute approximate surface area is 246 Å². The molecule has 12 heteroatoms. The molecule has 8 nitrogen and oxygen atoms in total. The third-order valence-electron chi connectivity index (χ3n) is 5.96. The van der Waals surface area contributed by atoms with E-state index in [0.29, 0.717) is 33.5 Å². The maximum absolute atomic E-state index is 13.1. The van der Waals surface area contributed by atoms with Crippen molar-refractivity contribution in [1.29, 1.82) is 0 Å². The summed E-state index contributed by atoms with van der Waals surface area (Å²) in [4.78, 5) is 14.6. The van der Waals surface area contributed by atoms with E-state index < -0.39 is 21.8 Å². The molecular weight excluding hydrogens is 590 g/mol. The minimum atomic E-state index is -4.25. The Morgan fingerprint density at radius 1 is 1.05 bits per heavy atom. The van der Waals surface area contributed by atoms with E-state index >= 15 is 0 Å². The molecule has 3 aromatic carbocycles. The molecule has 204 valence electrons. The highest BCUT2D eigenvalue weighted by Gasteiger charge is 2.33. The van der Waals surface area contributed by atoms with Crippen molar-refractivity contribution in [2.75, 3.05) is 12.3 Å². The van der Waals surface area contributed by atoms with Crippen LogP contribution in [0.3, 0.4) is 0 Å². The number of carbonyl (C=O) groups is 1. The summed E-state index contributed by atoms with van der Waals surface area (Å²) in [5, 5.41) is 5.44. The summed E-state index contributed by atoms with van der Waals surface area (Å²) in [5.41, 5.74) is 3.71. The van der Waals surface area contributed by atoms with Crippen LogP contribution in [0.25, 0.3) is 23.0 Å². The normalized spacial score (nSPS) is 14.8. The third kappa shape index (κ3) is 6.62. The summed E-state index contributed by atoms with van der Waals surface area (Å²) in [6, 6.07) is 24.5. The second-order valence-corrected chi connectivity index (χ2v) is 12.4. The van der Waals surface area contributed by atoms with Crippen molar-refractivity contribution in [3.63, 3.8) is 0 Å².